The molecule has 1 aromatic carbocycles. The molecule has 2 N–H and O–H groups in total. The predicted octanol–water partition coefficient (Wildman–Crippen LogP) is 1.19. The molecule has 0 atom stereocenters. The molecule has 0 fully saturated rings. The van der Waals surface area contributed by atoms with Crippen LogP contribution in [-0.2, 0) is 10.0 Å². The van der Waals surface area contributed by atoms with Crippen LogP contribution in [0.2, 0.25) is 5.02 Å². The van der Waals surface area contributed by atoms with Gasteiger partial charge >= 0.3 is 0 Å². The Kier molecular flexibility index (Phi) is 2.94. The largest absolute Gasteiger partial charge is 0.294 e. The van der Waals surface area contributed by atoms with Crippen molar-refractivity contribution in [2.75, 3.05) is 0 Å². The summed E-state index contributed by atoms with van der Waals surface area (Å²) >= 11 is 5.69. The van der Waals surface area contributed by atoms with E-state index in [0.717, 1.165) is 6.07 Å². The Balaban J connectivity index is 3.34. The van der Waals surface area contributed by atoms with Crippen molar-refractivity contribution in [3.63, 3.8) is 0 Å². The molecular weight excluding hydrogens is 226 g/mol. The van der Waals surface area contributed by atoms with E-state index in [1.807, 2.05) is 0 Å². The minimum Gasteiger partial charge on any atom is -0.294 e. The lowest BCUT2D eigenvalue weighted by atomic mass is 10.1. The van der Waals surface area contributed by atoms with Crippen LogP contribution in [0.25, 0.3) is 0 Å². The molecule has 76 valence electrons. The van der Waals surface area contributed by atoms with Gasteiger partial charge in [-0.3, -0.25) is 4.79 Å². The van der Waals surface area contributed by atoms with E-state index in [1.54, 1.807) is 0 Å². The maximum absolute atomic E-state index is 11.0. The zero-order valence-electron chi connectivity index (χ0n) is 7.32. The Morgan fingerprint density at radius 3 is 2.36 bits per heavy atom. The fourth-order valence-corrected chi connectivity index (χ4v) is 1.88. The number of nitrogens with two attached hydrogens (primary N) is 1. The fourth-order valence-electron chi connectivity index (χ4n) is 0.958. The van der Waals surface area contributed by atoms with E-state index in [2.05, 4.69) is 0 Å². The third kappa shape index (κ3) is 2.31. The van der Waals surface area contributed by atoms with Crippen LogP contribution < -0.4 is 5.14 Å². The highest BCUT2D eigenvalue weighted by Gasteiger charge is 2.12. The topological polar surface area (TPSA) is 77.2 Å². The molecule has 0 amide bonds. The number of rotatable bonds is 2. The van der Waals surface area contributed by atoms with Gasteiger partial charge in [0.15, 0.2) is 5.78 Å². The van der Waals surface area contributed by atoms with Crippen molar-refractivity contribution in [3.8, 4) is 0 Å². The molecule has 0 spiro atoms. The maximum atomic E-state index is 11.0. The molecule has 0 bridgehead atoms. The summed E-state index contributed by atoms with van der Waals surface area (Å²) in [6, 6.07) is 3.75. The summed E-state index contributed by atoms with van der Waals surface area (Å²) in [5.74, 6) is -0.226. The van der Waals surface area contributed by atoms with Crippen molar-refractivity contribution in [2.24, 2.45) is 5.14 Å². The van der Waals surface area contributed by atoms with Gasteiger partial charge in [-0.05, 0) is 25.1 Å². The molecule has 0 aliphatic carbocycles. The van der Waals surface area contributed by atoms with Gasteiger partial charge in [-0.2, -0.15) is 0 Å². The number of hydrogen-bond acceptors (Lipinski definition) is 3. The van der Waals surface area contributed by atoms with Gasteiger partial charge in [0, 0.05) is 5.56 Å². The summed E-state index contributed by atoms with van der Waals surface area (Å²) in [5, 5.41) is 4.97. The smallest absolute Gasteiger partial charge is 0.238 e. The Bertz CT molecular complexity index is 481. The molecule has 1 aromatic rings. The summed E-state index contributed by atoms with van der Waals surface area (Å²) < 4.78 is 21.8. The number of halogens is 1. The Morgan fingerprint density at radius 2 is 2.00 bits per heavy atom. The Labute approximate surface area is 86.7 Å². The van der Waals surface area contributed by atoms with Gasteiger partial charge in [0.05, 0.1) is 9.92 Å². The van der Waals surface area contributed by atoms with Gasteiger partial charge in [0.1, 0.15) is 0 Å². The standard InChI is InChI=1S/C8H8ClNO3S/c1-5(11)7-3-2-6(4-8(7)9)14(10,12)13/h2-4H,1H3,(H2,10,12,13). The average Bonchev–Trinajstić information content (AvgIpc) is 2.01. The second kappa shape index (κ2) is 3.68. The van der Waals surface area contributed by atoms with Crippen molar-refractivity contribution in [1.29, 1.82) is 0 Å². The van der Waals surface area contributed by atoms with Crippen LogP contribution >= 0.6 is 11.6 Å². The second-order valence-corrected chi connectivity index (χ2v) is 4.71. The molecule has 0 unspecified atom stereocenters. The first-order valence-corrected chi connectivity index (χ1v) is 5.58. The van der Waals surface area contributed by atoms with Crippen molar-refractivity contribution in [3.05, 3.63) is 28.8 Å². The number of sulfonamides is 1. The molecule has 0 aliphatic heterocycles. The van der Waals surface area contributed by atoms with Crippen LogP contribution in [0.15, 0.2) is 23.1 Å². The number of hydrogen-bond donors (Lipinski definition) is 1. The van der Waals surface area contributed by atoms with E-state index >= 15 is 0 Å². The summed E-state index contributed by atoms with van der Waals surface area (Å²) in [4.78, 5) is 10.9. The first-order chi connectivity index (χ1) is 6.32. The average molecular weight is 234 g/mol. The Hall–Kier alpha value is -0.910. The lowest BCUT2D eigenvalue weighted by Crippen LogP contribution is -2.12. The second-order valence-electron chi connectivity index (χ2n) is 2.74. The number of benzene rings is 1. The normalized spacial score (nSPS) is 11.4. The van der Waals surface area contributed by atoms with Crippen molar-refractivity contribution < 1.29 is 13.2 Å². The van der Waals surface area contributed by atoms with E-state index in [-0.39, 0.29) is 21.3 Å². The molecule has 0 heterocycles. The molecule has 0 aliphatic rings. The highest BCUT2D eigenvalue weighted by Crippen LogP contribution is 2.20. The highest BCUT2D eigenvalue weighted by atomic mass is 35.5. The maximum Gasteiger partial charge on any atom is 0.238 e. The number of carbonyl (C=O) groups excluding carboxylic acids is 1. The lowest BCUT2D eigenvalue weighted by Gasteiger charge is -2.02. The van der Waals surface area contributed by atoms with Gasteiger partial charge in [-0.1, -0.05) is 11.6 Å². The first-order valence-electron chi connectivity index (χ1n) is 3.65. The SMILES string of the molecule is CC(=O)c1ccc(S(N)(=O)=O)cc1Cl. The van der Waals surface area contributed by atoms with Gasteiger partial charge in [0.25, 0.3) is 0 Å². The quantitative estimate of drug-likeness (QED) is 0.780. The minimum absolute atomic E-state index is 0.0871. The third-order valence-electron chi connectivity index (χ3n) is 1.65. The van der Waals surface area contributed by atoms with Crippen LogP contribution in [0, 0.1) is 0 Å². The number of ketones is 1. The number of Topliss-reactive ketones (excluding diaryl/α,β-unsaturated/α-hetero) is 1. The van der Waals surface area contributed by atoms with E-state index in [4.69, 9.17) is 16.7 Å². The highest BCUT2D eigenvalue weighted by molar-refractivity contribution is 7.89. The molecule has 0 aromatic heterocycles. The Morgan fingerprint density at radius 1 is 1.43 bits per heavy atom. The third-order valence-corrected chi connectivity index (χ3v) is 2.87. The van der Waals surface area contributed by atoms with Gasteiger partial charge in [-0.15, -0.1) is 0 Å². The van der Waals surface area contributed by atoms with Crippen LogP contribution in [0.3, 0.4) is 0 Å². The van der Waals surface area contributed by atoms with Crippen LogP contribution in [0.1, 0.15) is 17.3 Å². The van der Waals surface area contributed by atoms with Gasteiger partial charge in [0.2, 0.25) is 10.0 Å². The molecule has 4 nitrogen and oxygen atoms in total. The molecule has 6 heteroatoms. The van der Waals surface area contributed by atoms with Crippen molar-refractivity contribution >= 4 is 27.4 Å². The van der Waals surface area contributed by atoms with E-state index in [0.29, 0.717) is 0 Å². The molecule has 0 radical (unpaired) electrons. The van der Waals surface area contributed by atoms with Gasteiger partial charge < -0.3 is 0 Å². The lowest BCUT2D eigenvalue weighted by molar-refractivity contribution is 0.101. The summed E-state index contributed by atoms with van der Waals surface area (Å²) in [5.41, 5.74) is 0.277. The summed E-state index contributed by atoms with van der Waals surface area (Å²) in [6.45, 7) is 1.35. The fraction of sp³-hybridized carbons (Fsp3) is 0.125. The van der Waals surface area contributed by atoms with Crippen molar-refractivity contribution in [2.45, 2.75) is 11.8 Å². The monoisotopic (exact) mass is 233 g/mol. The van der Waals surface area contributed by atoms with E-state index in [9.17, 15) is 13.2 Å². The molecular formula is C8H8ClNO3S. The van der Waals surface area contributed by atoms with E-state index < -0.39 is 10.0 Å². The number of primary sulfonamides is 1. The molecule has 0 saturated carbocycles. The van der Waals surface area contributed by atoms with Gasteiger partial charge in [-0.25, -0.2) is 13.6 Å². The minimum atomic E-state index is -3.76. The first kappa shape index (κ1) is 11.2. The van der Waals surface area contributed by atoms with Crippen LogP contribution in [0.4, 0.5) is 0 Å². The zero-order chi connectivity index (χ0) is 10.9. The molecule has 1 rings (SSSR count). The van der Waals surface area contributed by atoms with Crippen molar-refractivity contribution in [1.82, 2.24) is 0 Å². The number of carbonyl (C=O) groups is 1. The zero-order valence-corrected chi connectivity index (χ0v) is 8.89. The predicted molar refractivity (Wildman–Crippen MR) is 52.8 cm³/mol. The summed E-state index contributed by atoms with van der Waals surface area (Å²) in [6.07, 6.45) is 0. The molecule has 14 heavy (non-hydrogen) atoms. The van der Waals surface area contributed by atoms with Crippen LogP contribution in [-0.4, -0.2) is 14.2 Å². The van der Waals surface area contributed by atoms with E-state index in [1.165, 1.54) is 19.1 Å². The van der Waals surface area contributed by atoms with Crippen LogP contribution in [0.5, 0.6) is 0 Å². The summed E-state index contributed by atoms with van der Waals surface area (Å²) in [7, 11) is -3.76. The molecule has 0 saturated heterocycles.